The van der Waals surface area contributed by atoms with Gasteiger partial charge in [0.15, 0.2) is 0 Å². The Kier molecular flexibility index (Phi) is 16.5. The Bertz CT molecular complexity index is 1220. The summed E-state index contributed by atoms with van der Waals surface area (Å²) in [5.74, 6) is 0.946. The molecule has 46 heavy (non-hydrogen) atoms. The number of fused-ring (bicyclic) bond motifs is 3. The molecule has 0 radical (unpaired) electrons. The van der Waals surface area contributed by atoms with Crippen molar-refractivity contribution in [2.75, 3.05) is 59.4 Å². The van der Waals surface area contributed by atoms with Gasteiger partial charge in [-0.3, -0.25) is 0 Å². The van der Waals surface area contributed by atoms with Crippen molar-refractivity contribution < 1.29 is 28.5 Å². The van der Waals surface area contributed by atoms with E-state index >= 15 is 0 Å². The molecule has 0 unspecified atom stereocenters. The highest BCUT2D eigenvalue weighted by atomic mass is 16.6. The van der Waals surface area contributed by atoms with Crippen LogP contribution in [0, 0.1) is 0 Å². The lowest BCUT2D eigenvalue weighted by molar-refractivity contribution is 0.00904. The first-order chi connectivity index (χ1) is 22.8. The topological polar surface area (TPSA) is 75.3 Å². The van der Waals surface area contributed by atoms with E-state index in [1.165, 1.54) is 72.8 Å². The van der Waals surface area contributed by atoms with Gasteiger partial charge in [0.25, 0.3) is 0 Å². The molecule has 1 aliphatic rings. The Labute approximate surface area is 275 Å². The molecule has 0 atom stereocenters. The van der Waals surface area contributed by atoms with E-state index in [1.807, 2.05) is 24.3 Å². The van der Waals surface area contributed by atoms with Gasteiger partial charge in [-0.1, -0.05) is 106 Å². The lowest BCUT2D eigenvalue weighted by Crippen LogP contribution is -2.27. The van der Waals surface area contributed by atoms with E-state index in [1.54, 1.807) is 0 Å². The van der Waals surface area contributed by atoms with E-state index in [0.717, 1.165) is 12.2 Å². The van der Waals surface area contributed by atoms with Gasteiger partial charge in [-0.05, 0) is 59.2 Å². The van der Waals surface area contributed by atoms with E-state index in [4.69, 9.17) is 23.7 Å². The fourth-order valence-corrected chi connectivity index (χ4v) is 5.81. The van der Waals surface area contributed by atoms with Crippen LogP contribution < -0.4 is 10.1 Å². The second kappa shape index (κ2) is 21.4. The number of nitrogens with one attached hydrogen (secondary N) is 1. The van der Waals surface area contributed by atoms with Crippen molar-refractivity contribution in [3.05, 3.63) is 89.5 Å². The number of hydrogen-bond donors (Lipinski definition) is 1. The molecule has 0 aliphatic heterocycles. The Hall–Kier alpha value is -3.39. The van der Waals surface area contributed by atoms with Crippen LogP contribution in [-0.4, -0.2) is 65.5 Å². The maximum absolute atomic E-state index is 12.3. The Morgan fingerprint density at radius 2 is 1.20 bits per heavy atom. The first-order valence-corrected chi connectivity index (χ1v) is 17.3. The normalized spacial score (nSPS) is 12.1. The quantitative estimate of drug-likeness (QED) is 0.100. The van der Waals surface area contributed by atoms with Gasteiger partial charge in [0.2, 0.25) is 0 Å². The molecular formula is C39H53NO6. The van der Waals surface area contributed by atoms with E-state index in [9.17, 15) is 4.79 Å². The minimum absolute atomic E-state index is 0.0624. The van der Waals surface area contributed by atoms with Crippen LogP contribution in [0.25, 0.3) is 11.1 Å². The van der Waals surface area contributed by atoms with Crippen molar-refractivity contribution in [1.29, 1.82) is 0 Å². The van der Waals surface area contributed by atoms with Crippen LogP contribution in [-0.2, 0) is 25.4 Å². The van der Waals surface area contributed by atoms with Crippen molar-refractivity contribution >= 4 is 6.09 Å². The molecule has 7 nitrogen and oxygen atoms in total. The maximum atomic E-state index is 12.3. The minimum Gasteiger partial charge on any atom is -0.491 e. The molecule has 3 aromatic rings. The van der Waals surface area contributed by atoms with Crippen LogP contribution in [0.3, 0.4) is 0 Å². The lowest BCUT2D eigenvalue weighted by Gasteiger charge is -2.14. The molecule has 0 fully saturated rings. The highest BCUT2D eigenvalue weighted by Gasteiger charge is 2.28. The van der Waals surface area contributed by atoms with Crippen LogP contribution >= 0.6 is 0 Å². The van der Waals surface area contributed by atoms with Gasteiger partial charge in [0.05, 0.1) is 33.0 Å². The molecule has 0 heterocycles. The number of alkyl carbamates (subject to hydrolysis) is 1. The summed E-state index contributed by atoms with van der Waals surface area (Å²) in [6.07, 6.45) is 10.8. The highest BCUT2D eigenvalue weighted by molar-refractivity contribution is 5.79. The average Bonchev–Trinajstić information content (AvgIpc) is 3.41. The Morgan fingerprint density at radius 1 is 0.630 bits per heavy atom. The smallest absolute Gasteiger partial charge is 0.407 e. The summed E-state index contributed by atoms with van der Waals surface area (Å²) < 4.78 is 28.1. The van der Waals surface area contributed by atoms with Crippen molar-refractivity contribution in [3.8, 4) is 16.9 Å². The molecule has 3 aromatic carbocycles. The van der Waals surface area contributed by atoms with Crippen molar-refractivity contribution in [2.24, 2.45) is 0 Å². The number of rotatable bonds is 24. The molecule has 250 valence electrons. The number of aryl methyl sites for hydroxylation is 1. The fraction of sp³-hybridized carbons (Fsp3) is 0.513. The Balaban J connectivity index is 0.912. The first kappa shape index (κ1) is 35.5. The lowest BCUT2D eigenvalue weighted by atomic mass is 9.98. The molecule has 1 amide bonds. The number of carbonyl (C=O) groups excluding carboxylic acids is 1. The monoisotopic (exact) mass is 631 g/mol. The molecule has 0 saturated heterocycles. The van der Waals surface area contributed by atoms with Gasteiger partial charge in [-0.25, -0.2) is 4.79 Å². The predicted octanol–water partition coefficient (Wildman–Crippen LogP) is 8.34. The SMILES string of the molecule is CCCCCCCCCc1ccc(OCCOCCOCCOCCCNC(=O)OCC2c3ccccc3-c3ccccc32)cc1. The zero-order valence-electron chi connectivity index (χ0n) is 27.7. The van der Waals surface area contributed by atoms with Crippen molar-refractivity contribution in [2.45, 2.75) is 70.6 Å². The van der Waals surface area contributed by atoms with Crippen molar-refractivity contribution in [1.82, 2.24) is 5.32 Å². The van der Waals surface area contributed by atoms with Crippen LogP contribution in [0.1, 0.15) is 80.9 Å². The number of benzene rings is 3. The zero-order chi connectivity index (χ0) is 32.1. The van der Waals surface area contributed by atoms with E-state index in [0.29, 0.717) is 65.8 Å². The summed E-state index contributed by atoms with van der Waals surface area (Å²) in [6.45, 7) is 6.70. The predicted molar refractivity (Wildman–Crippen MR) is 184 cm³/mol. The molecule has 7 heteroatoms. The number of amides is 1. The third-order valence-corrected chi connectivity index (χ3v) is 8.31. The standard InChI is InChI=1S/C39H53NO6/c1-2-3-4-5-6-7-8-14-32-19-21-33(22-20-32)45-30-29-44-28-27-43-26-25-42-24-13-23-40-39(41)46-31-38-36-17-11-9-15-34(36)35-16-10-12-18-37(35)38/h9-12,15-22,38H,2-8,13-14,23-31H2,1H3,(H,40,41). The molecule has 1 N–H and O–H groups in total. The molecule has 4 rings (SSSR count). The maximum Gasteiger partial charge on any atom is 0.407 e. The van der Waals surface area contributed by atoms with Crippen LogP contribution in [0.4, 0.5) is 4.79 Å². The third-order valence-electron chi connectivity index (χ3n) is 8.31. The summed E-state index contributed by atoms with van der Waals surface area (Å²) in [5.41, 5.74) is 6.23. The molecular weight excluding hydrogens is 578 g/mol. The minimum atomic E-state index is -0.400. The van der Waals surface area contributed by atoms with Gasteiger partial charge in [-0.2, -0.15) is 0 Å². The summed E-state index contributed by atoms with van der Waals surface area (Å²) in [5, 5.41) is 2.82. The van der Waals surface area contributed by atoms with Gasteiger partial charge in [0, 0.05) is 19.1 Å². The van der Waals surface area contributed by atoms with Gasteiger partial charge in [-0.15, -0.1) is 0 Å². The van der Waals surface area contributed by atoms with Gasteiger partial charge < -0.3 is 29.0 Å². The van der Waals surface area contributed by atoms with E-state index in [-0.39, 0.29) is 5.92 Å². The Morgan fingerprint density at radius 3 is 1.85 bits per heavy atom. The molecule has 1 aliphatic carbocycles. The largest absolute Gasteiger partial charge is 0.491 e. The molecule has 0 bridgehead atoms. The fourth-order valence-electron chi connectivity index (χ4n) is 5.81. The molecule has 0 aromatic heterocycles. The summed E-state index contributed by atoms with van der Waals surface area (Å²) in [7, 11) is 0. The number of carbonyl (C=O) groups is 1. The van der Waals surface area contributed by atoms with E-state index in [2.05, 4.69) is 60.8 Å². The van der Waals surface area contributed by atoms with E-state index < -0.39 is 6.09 Å². The highest BCUT2D eigenvalue weighted by Crippen LogP contribution is 2.44. The van der Waals surface area contributed by atoms with Gasteiger partial charge in [0.1, 0.15) is 19.0 Å². The zero-order valence-corrected chi connectivity index (χ0v) is 27.7. The summed E-state index contributed by atoms with van der Waals surface area (Å²) >= 11 is 0. The summed E-state index contributed by atoms with van der Waals surface area (Å²) in [6, 6.07) is 25.1. The number of hydrogen-bond acceptors (Lipinski definition) is 6. The summed E-state index contributed by atoms with van der Waals surface area (Å²) in [4.78, 5) is 12.3. The second-order valence-electron chi connectivity index (χ2n) is 11.8. The van der Waals surface area contributed by atoms with Gasteiger partial charge >= 0.3 is 6.09 Å². The van der Waals surface area contributed by atoms with Crippen LogP contribution in [0.2, 0.25) is 0 Å². The van der Waals surface area contributed by atoms with Crippen molar-refractivity contribution in [3.63, 3.8) is 0 Å². The second-order valence-corrected chi connectivity index (χ2v) is 11.8. The first-order valence-electron chi connectivity index (χ1n) is 17.3. The molecule has 0 saturated carbocycles. The number of ether oxygens (including phenoxy) is 5. The molecule has 0 spiro atoms. The van der Waals surface area contributed by atoms with Crippen LogP contribution in [0.5, 0.6) is 5.75 Å². The van der Waals surface area contributed by atoms with Crippen LogP contribution in [0.15, 0.2) is 72.8 Å². The number of unbranched alkanes of at least 4 members (excludes halogenated alkanes) is 6. The third kappa shape index (κ3) is 12.4. The average molecular weight is 632 g/mol.